The predicted octanol–water partition coefficient (Wildman–Crippen LogP) is 6.57. The van der Waals surface area contributed by atoms with Gasteiger partial charge in [-0.1, -0.05) is 62.2 Å². The Bertz CT molecular complexity index is 1250. The first-order valence-corrected chi connectivity index (χ1v) is 14.4. The van der Waals surface area contributed by atoms with Crippen molar-refractivity contribution in [3.8, 4) is 0 Å². The van der Waals surface area contributed by atoms with Crippen molar-refractivity contribution >= 4 is 34.8 Å². The van der Waals surface area contributed by atoms with Crippen molar-refractivity contribution in [1.29, 1.82) is 0 Å². The molecule has 1 saturated carbocycles. The Hall–Kier alpha value is -1.79. The molecule has 1 heterocycles. The van der Waals surface area contributed by atoms with Crippen molar-refractivity contribution in [3.05, 3.63) is 69.0 Å². The van der Waals surface area contributed by atoms with Gasteiger partial charge in [-0.05, 0) is 78.3 Å². The SMILES string of the molecule is CC(C)(C)C[C@@H]1N[C@@H](C(=O)CC2CCC(O)CC2)[C@H](c2cccc(Cl)c2F)[C@]12C(=O)Cc1cc(Cl)ccc12. The Morgan fingerprint density at radius 1 is 1.13 bits per heavy atom. The quantitative estimate of drug-likeness (QED) is 0.435. The first-order chi connectivity index (χ1) is 17.9. The van der Waals surface area contributed by atoms with E-state index < -0.39 is 23.2 Å². The van der Waals surface area contributed by atoms with Crippen molar-refractivity contribution in [2.45, 2.75) is 95.2 Å². The number of halogens is 3. The lowest BCUT2D eigenvalue weighted by molar-refractivity contribution is -0.124. The van der Waals surface area contributed by atoms with E-state index in [1.807, 2.05) is 12.1 Å². The Labute approximate surface area is 234 Å². The second-order valence-corrected chi connectivity index (χ2v) is 13.5. The molecule has 5 rings (SSSR count). The lowest BCUT2D eigenvalue weighted by atomic mass is 9.61. The largest absolute Gasteiger partial charge is 0.393 e. The Morgan fingerprint density at radius 2 is 1.84 bits per heavy atom. The molecule has 0 unspecified atom stereocenters. The maximum atomic E-state index is 15.8. The summed E-state index contributed by atoms with van der Waals surface area (Å²) in [6, 6.07) is 9.25. The number of hydrogen-bond donors (Lipinski definition) is 2. The molecule has 2 fully saturated rings. The summed E-state index contributed by atoms with van der Waals surface area (Å²) in [7, 11) is 0. The summed E-state index contributed by atoms with van der Waals surface area (Å²) in [5.74, 6) is -1.19. The molecule has 3 aliphatic rings. The van der Waals surface area contributed by atoms with Crippen molar-refractivity contribution in [2.24, 2.45) is 11.3 Å². The number of fused-ring (bicyclic) bond motifs is 2. The number of nitrogens with one attached hydrogen (secondary N) is 1. The molecule has 2 aliphatic carbocycles. The molecule has 38 heavy (non-hydrogen) atoms. The summed E-state index contributed by atoms with van der Waals surface area (Å²) in [4.78, 5) is 28.3. The standard InChI is InChI=1S/C31H36Cl2FNO3/c1-30(2,3)16-25-31(22-12-9-19(32)14-18(22)15-26(31)38)27(21-5-4-6-23(33)28(21)34)29(35-25)24(37)13-17-7-10-20(36)11-8-17/h4-6,9,12,14,17,20,25,27,29,35-36H,7-8,10-11,13,15-16H2,1-3H3/t17?,20?,25-,27-,29-,31-/m0/s1. The van der Waals surface area contributed by atoms with Gasteiger partial charge in [-0.2, -0.15) is 0 Å². The molecule has 1 saturated heterocycles. The number of rotatable bonds is 5. The minimum atomic E-state index is -1.12. The number of Topliss-reactive ketones (excluding diaryl/α,β-unsaturated/α-hetero) is 2. The topological polar surface area (TPSA) is 66.4 Å². The summed E-state index contributed by atoms with van der Waals surface area (Å²) in [5, 5.41) is 14.1. The molecule has 2 N–H and O–H groups in total. The molecule has 4 atom stereocenters. The van der Waals surface area contributed by atoms with E-state index in [9.17, 15) is 14.7 Å². The van der Waals surface area contributed by atoms with Crippen LogP contribution in [0.15, 0.2) is 36.4 Å². The summed E-state index contributed by atoms with van der Waals surface area (Å²) >= 11 is 12.6. The van der Waals surface area contributed by atoms with E-state index >= 15 is 4.39 Å². The van der Waals surface area contributed by atoms with Crippen molar-refractivity contribution < 1.29 is 19.1 Å². The molecular weight excluding hydrogens is 524 g/mol. The van der Waals surface area contributed by atoms with Crippen LogP contribution < -0.4 is 5.32 Å². The molecule has 7 heteroatoms. The molecule has 0 aromatic heterocycles. The van der Waals surface area contributed by atoms with Crippen LogP contribution in [0.4, 0.5) is 4.39 Å². The predicted molar refractivity (Wildman–Crippen MR) is 148 cm³/mol. The van der Waals surface area contributed by atoms with Crippen molar-refractivity contribution in [3.63, 3.8) is 0 Å². The lowest BCUT2D eigenvalue weighted by Gasteiger charge is -2.39. The van der Waals surface area contributed by atoms with Gasteiger partial charge < -0.3 is 10.4 Å². The number of carbonyl (C=O) groups is 2. The minimum absolute atomic E-state index is 0.0123. The van der Waals surface area contributed by atoms with Crippen LogP contribution in [0.1, 0.15) is 81.9 Å². The average Bonchev–Trinajstić information content (AvgIpc) is 3.31. The number of hydrogen-bond acceptors (Lipinski definition) is 4. The zero-order valence-electron chi connectivity index (χ0n) is 22.2. The van der Waals surface area contributed by atoms with Gasteiger partial charge in [-0.3, -0.25) is 9.59 Å². The zero-order valence-corrected chi connectivity index (χ0v) is 23.7. The maximum Gasteiger partial charge on any atom is 0.150 e. The van der Waals surface area contributed by atoms with Crippen molar-refractivity contribution in [2.75, 3.05) is 0 Å². The summed E-state index contributed by atoms with van der Waals surface area (Å²) in [5.41, 5.74) is 0.686. The monoisotopic (exact) mass is 559 g/mol. The Balaban J connectivity index is 1.67. The number of aliphatic hydroxyl groups excluding tert-OH is 1. The van der Waals surface area contributed by atoms with Crippen LogP contribution >= 0.6 is 23.2 Å². The number of ketones is 2. The third-order valence-corrected chi connectivity index (χ3v) is 9.39. The summed E-state index contributed by atoms with van der Waals surface area (Å²) in [6.07, 6.45) is 3.79. The Kier molecular flexibility index (Phi) is 7.54. The van der Waals surface area contributed by atoms with E-state index in [1.165, 1.54) is 6.07 Å². The third-order valence-electron chi connectivity index (χ3n) is 8.87. The van der Waals surface area contributed by atoms with Gasteiger partial charge >= 0.3 is 0 Å². The highest BCUT2D eigenvalue weighted by Gasteiger charge is 2.65. The lowest BCUT2D eigenvalue weighted by Crippen LogP contribution is -2.48. The zero-order chi connectivity index (χ0) is 27.4. The van der Waals surface area contributed by atoms with Gasteiger partial charge in [0.05, 0.1) is 22.6 Å². The fourth-order valence-electron chi connectivity index (χ4n) is 7.29. The van der Waals surface area contributed by atoms with E-state index in [4.69, 9.17) is 23.2 Å². The molecule has 204 valence electrons. The van der Waals surface area contributed by atoms with E-state index in [2.05, 4.69) is 26.1 Å². The molecule has 1 spiro atoms. The average molecular weight is 561 g/mol. The highest BCUT2D eigenvalue weighted by atomic mass is 35.5. The molecule has 2 aromatic rings. The van der Waals surface area contributed by atoms with Gasteiger partial charge in [0, 0.05) is 29.8 Å². The fourth-order valence-corrected chi connectivity index (χ4v) is 7.66. The van der Waals surface area contributed by atoms with Crippen LogP contribution in [-0.4, -0.2) is 34.9 Å². The van der Waals surface area contributed by atoms with E-state index in [-0.39, 0.29) is 46.5 Å². The molecule has 0 amide bonds. The second kappa shape index (κ2) is 10.3. The molecule has 4 nitrogen and oxygen atoms in total. The minimum Gasteiger partial charge on any atom is -0.393 e. The normalized spacial score (nSPS) is 31.1. The highest BCUT2D eigenvalue weighted by molar-refractivity contribution is 6.31. The van der Waals surface area contributed by atoms with Gasteiger partial charge in [-0.25, -0.2) is 4.39 Å². The first kappa shape index (κ1) is 27.8. The van der Waals surface area contributed by atoms with Gasteiger partial charge in [0.15, 0.2) is 5.78 Å². The number of aliphatic hydroxyl groups is 1. The third kappa shape index (κ3) is 4.85. The van der Waals surface area contributed by atoms with Gasteiger partial charge in [0.25, 0.3) is 0 Å². The van der Waals surface area contributed by atoms with Crippen LogP contribution in [0, 0.1) is 17.2 Å². The second-order valence-electron chi connectivity index (χ2n) is 12.7. The molecular formula is C31H36Cl2FNO3. The van der Waals surface area contributed by atoms with E-state index in [0.717, 1.165) is 24.0 Å². The van der Waals surface area contributed by atoms with Crippen LogP contribution in [0.5, 0.6) is 0 Å². The van der Waals surface area contributed by atoms with Crippen LogP contribution in [0.25, 0.3) is 0 Å². The van der Waals surface area contributed by atoms with E-state index in [0.29, 0.717) is 36.3 Å². The molecule has 0 bridgehead atoms. The number of benzene rings is 2. The Morgan fingerprint density at radius 3 is 2.53 bits per heavy atom. The first-order valence-electron chi connectivity index (χ1n) is 13.6. The van der Waals surface area contributed by atoms with Gasteiger partial charge in [0.2, 0.25) is 0 Å². The van der Waals surface area contributed by atoms with Crippen molar-refractivity contribution in [1.82, 2.24) is 5.32 Å². The van der Waals surface area contributed by atoms with Crippen LogP contribution in [-0.2, 0) is 21.4 Å². The highest BCUT2D eigenvalue weighted by Crippen LogP contribution is 2.57. The molecule has 0 radical (unpaired) electrons. The van der Waals surface area contributed by atoms with Gasteiger partial charge in [0.1, 0.15) is 11.6 Å². The maximum absolute atomic E-state index is 15.8. The van der Waals surface area contributed by atoms with Crippen LogP contribution in [0.3, 0.4) is 0 Å². The van der Waals surface area contributed by atoms with Gasteiger partial charge in [-0.15, -0.1) is 0 Å². The number of carbonyl (C=O) groups excluding carboxylic acids is 2. The smallest absolute Gasteiger partial charge is 0.150 e. The van der Waals surface area contributed by atoms with Crippen LogP contribution in [0.2, 0.25) is 10.0 Å². The van der Waals surface area contributed by atoms with E-state index in [1.54, 1.807) is 18.2 Å². The fraction of sp³-hybridized carbons (Fsp3) is 0.548. The summed E-state index contributed by atoms with van der Waals surface area (Å²) in [6.45, 7) is 6.34. The summed E-state index contributed by atoms with van der Waals surface area (Å²) < 4.78 is 15.8. The molecule has 2 aromatic carbocycles. The molecule has 1 aliphatic heterocycles.